The molecule has 0 amide bonds. The molecule has 16 heavy (non-hydrogen) atoms. The zero-order valence-electron chi connectivity index (χ0n) is 9.76. The van der Waals surface area contributed by atoms with Gasteiger partial charge in [0.25, 0.3) is 0 Å². The molecule has 2 aromatic rings. The van der Waals surface area contributed by atoms with Gasteiger partial charge in [-0.1, -0.05) is 13.8 Å². The van der Waals surface area contributed by atoms with Gasteiger partial charge in [0.05, 0.1) is 12.1 Å². The Bertz CT molecular complexity index is 528. The Balaban J connectivity index is 2.70. The lowest BCUT2D eigenvalue weighted by Gasteiger charge is -2.22. The first-order valence-corrected chi connectivity index (χ1v) is 5.34. The maximum absolute atomic E-state index is 13.8. The van der Waals surface area contributed by atoms with Crippen LogP contribution in [0.4, 0.5) is 4.39 Å². The van der Waals surface area contributed by atoms with Gasteiger partial charge in [-0.25, -0.2) is 4.39 Å². The van der Waals surface area contributed by atoms with E-state index in [1.54, 1.807) is 6.20 Å². The van der Waals surface area contributed by atoms with Gasteiger partial charge in [0, 0.05) is 17.0 Å². The van der Waals surface area contributed by atoms with Crippen LogP contribution in [0.25, 0.3) is 10.9 Å². The van der Waals surface area contributed by atoms with Gasteiger partial charge < -0.3 is 10.1 Å². The van der Waals surface area contributed by atoms with Crippen LogP contribution in [0.2, 0.25) is 0 Å². The molecule has 1 aromatic carbocycles. The van der Waals surface area contributed by atoms with E-state index >= 15 is 0 Å². The Morgan fingerprint density at radius 3 is 2.69 bits per heavy atom. The minimum atomic E-state index is -0.418. The molecule has 0 spiro atoms. The SMILES string of the molecule is Cc1c[nH]c2c(F)cc(C(C)(C)CO)cc12. The zero-order valence-corrected chi connectivity index (χ0v) is 9.76. The van der Waals surface area contributed by atoms with E-state index in [4.69, 9.17) is 0 Å². The Morgan fingerprint density at radius 1 is 1.38 bits per heavy atom. The number of hydrogen-bond donors (Lipinski definition) is 2. The first kappa shape index (κ1) is 11.1. The van der Waals surface area contributed by atoms with Gasteiger partial charge in [-0.05, 0) is 30.2 Å². The van der Waals surface area contributed by atoms with Crippen LogP contribution in [0.15, 0.2) is 18.3 Å². The van der Waals surface area contributed by atoms with E-state index in [-0.39, 0.29) is 12.4 Å². The summed E-state index contributed by atoms with van der Waals surface area (Å²) >= 11 is 0. The van der Waals surface area contributed by atoms with Crippen LogP contribution in [0.3, 0.4) is 0 Å². The number of benzene rings is 1. The summed E-state index contributed by atoms with van der Waals surface area (Å²) in [7, 11) is 0. The number of H-pyrrole nitrogens is 1. The number of fused-ring (bicyclic) bond motifs is 1. The van der Waals surface area contributed by atoms with Crippen molar-refractivity contribution >= 4 is 10.9 Å². The Kier molecular flexibility index (Phi) is 2.50. The van der Waals surface area contributed by atoms with Gasteiger partial charge in [0.1, 0.15) is 5.82 Å². The Morgan fingerprint density at radius 2 is 2.06 bits per heavy atom. The van der Waals surface area contributed by atoms with Crippen LogP contribution in [0.1, 0.15) is 25.0 Å². The molecular weight excluding hydrogens is 205 g/mol. The highest BCUT2D eigenvalue weighted by Crippen LogP contribution is 2.29. The van der Waals surface area contributed by atoms with Crippen molar-refractivity contribution in [2.75, 3.05) is 6.61 Å². The number of halogens is 1. The highest BCUT2D eigenvalue weighted by atomic mass is 19.1. The molecule has 3 heteroatoms. The molecule has 0 bridgehead atoms. The summed E-state index contributed by atoms with van der Waals surface area (Å²) < 4.78 is 13.8. The molecule has 1 aromatic heterocycles. The molecule has 0 aliphatic carbocycles. The minimum absolute atomic E-state index is 0.00141. The van der Waals surface area contributed by atoms with Crippen molar-refractivity contribution in [3.05, 3.63) is 35.3 Å². The van der Waals surface area contributed by atoms with Gasteiger partial charge in [-0.2, -0.15) is 0 Å². The molecule has 0 aliphatic heterocycles. The lowest BCUT2D eigenvalue weighted by molar-refractivity contribution is 0.218. The second kappa shape index (κ2) is 3.59. The third-order valence-corrected chi connectivity index (χ3v) is 3.12. The molecule has 0 atom stereocenters. The van der Waals surface area contributed by atoms with Gasteiger partial charge in [-0.3, -0.25) is 0 Å². The smallest absolute Gasteiger partial charge is 0.147 e. The standard InChI is InChI=1S/C13H16FNO/c1-8-6-15-12-10(8)4-9(5-11(12)14)13(2,3)7-16/h4-6,15-16H,7H2,1-3H3. The van der Waals surface area contributed by atoms with Crippen LogP contribution in [-0.2, 0) is 5.41 Å². The summed E-state index contributed by atoms with van der Waals surface area (Å²) in [6, 6.07) is 3.44. The van der Waals surface area contributed by atoms with E-state index < -0.39 is 5.41 Å². The van der Waals surface area contributed by atoms with Crippen molar-refractivity contribution in [3.63, 3.8) is 0 Å². The van der Waals surface area contributed by atoms with E-state index in [2.05, 4.69) is 4.98 Å². The van der Waals surface area contributed by atoms with E-state index in [0.717, 1.165) is 16.5 Å². The molecule has 2 nitrogen and oxygen atoms in total. The van der Waals surface area contributed by atoms with Gasteiger partial charge in [0.15, 0.2) is 0 Å². The maximum Gasteiger partial charge on any atom is 0.147 e. The quantitative estimate of drug-likeness (QED) is 0.803. The molecule has 0 saturated carbocycles. The molecular formula is C13H16FNO. The minimum Gasteiger partial charge on any atom is -0.395 e. The fourth-order valence-electron chi connectivity index (χ4n) is 1.80. The fourth-order valence-corrected chi connectivity index (χ4v) is 1.80. The number of rotatable bonds is 2. The predicted octanol–water partition coefficient (Wildman–Crippen LogP) is 2.89. The lowest BCUT2D eigenvalue weighted by Crippen LogP contribution is -2.22. The van der Waals surface area contributed by atoms with Crippen LogP contribution in [-0.4, -0.2) is 16.7 Å². The molecule has 2 N–H and O–H groups in total. The molecule has 0 unspecified atom stereocenters. The Hall–Kier alpha value is -1.35. The van der Waals surface area contributed by atoms with Crippen molar-refractivity contribution in [1.29, 1.82) is 0 Å². The van der Waals surface area contributed by atoms with Crippen LogP contribution < -0.4 is 0 Å². The summed E-state index contributed by atoms with van der Waals surface area (Å²) in [5.41, 5.74) is 1.96. The number of aryl methyl sites for hydroxylation is 1. The third kappa shape index (κ3) is 1.61. The number of aromatic amines is 1. The van der Waals surface area contributed by atoms with Crippen molar-refractivity contribution < 1.29 is 9.50 Å². The van der Waals surface area contributed by atoms with Gasteiger partial charge in [0.2, 0.25) is 0 Å². The van der Waals surface area contributed by atoms with Crippen molar-refractivity contribution in [3.8, 4) is 0 Å². The monoisotopic (exact) mass is 221 g/mol. The van der Waals surface area contributed by atoms with E-state index in [9.17, 15) is 9.50 Å². The van der Waals surface area contributed by atoms with E-state index in [1.165, 1.54) is 6.07 Å². The number of nitrogens with one attached hydrogen (secondary N) is 1. The predicted molar refractivity (Wildman–Crippen MR) is 63.1 cm³/mol. The molecule has 0 aliphatic rings. The third-order valence-electron chi connectivity index (χ3n) is 3.12. The van der Waals surface area contributed by atoms with Crippen LogP contribution in [0, 0.1) is 12.7 Å². The maximum atomic E-state index is 13.8. The summed E-state index contributed by atoms with van der Waals surface area (Å²) in [4.78, 5) is 2.92. The van der Waals surface area contributed by atoms with Crippen molar-refractivity contribution in [2.45, 2.75) is 26.2 Å². The second-order valence-corrected chi connectivity index (χ2v) is 4.89. The first-order valence-electron chi connectivity index (χ1n) is 5.34. The molecule has 2 rings (SSSR count). The van der Waals surface area contributed by atoms with E-state index in [0.29, 0.717) is 5.52 Å². The normalized spacial score (nSPS) is 12.3. The van der Waals surface area contributed by atoms with Crippen LogP contribution >= 0.6 is 0 Å². The summed E-state index contributed by atoms with van der Waals surface area (Å²) in [5, 5.41) is 10.2. The number of aromatic nitrogens is 1. The average Bonchev–Trinajstić information content (AvgIpc) is 2.61. The average molecular weight is 221 g/mol. The molecule has 1 heterocycles. The first-order chi connectivity index (χ1) is 7.45. The van der Waals surface area contributed by atoms with E-state index in [1.807, 2.05) is 26.8 Å². The van der Waals surface area contributed by atoms with Crippen LogP contribution in [0.5, 0.6) is 0 Å². The molecule has 0 fully saturated rings. The zero-order chi connectivity index (χ0) is 11.9. The summed E-state index contributed by atoms with van der Waals surface area (Å²) in [6.45, 7) is 5.74. The second-order valence-electron chi connectivity index (χ2n) is 4.89. The number of aliphatic hydroxyl groups excluding tert-OH is 1. The number of aliphatic hydroxyl groups is 1. The number of hydrogen-bond acceptors (Lipinski definition) is 1. The molecule has 0 radical (unpaired) electrons. The molecule has 0 saturated heterocycles. The molecule has 86 valence electrons. The fraction of sp³-hybridized carbons (Fsp3) is 0.385. The summed E-state index contributed by atoms with van der Waals surface area (Å²) in [6.07, 6.45) is 1.80. The van der Waals surface area contributed by atoms with Gasteiger partial charge >= 0.3 is 0 Å². The Labute approximate surface area is 94.1 Å². The summed E-state index contributed by atoms with van der Waals surface area (Å²) in [5.74, 6) is -0.262. The van der Waals surface area contributed by atoms with Crippen molar-refractivity contribution in [1.82, 2.24) is 4.98 Å². The highest BCUT2D eigenvalue weighted by molar-refractivity contribution is 5.84. The topological polar surface area (TPSA) is 36.0 Å². The van der Waals surface area contributed by atoms with Crippen molar-refractivity contribution in [2.24, 2.45) is 0 Å². The largest absolute Gasteiger partial charge is 0.395 e. The van der Waals surface area contributed by atoms with Gasteiger partial charge in [-0.15, -0.1) is 0 Å². The lowest BCUT2D eigenvalue weighted by atomic mass is 9.85. The highest BCUT2D eigenvalue weighted by Gasteiger charge is 2.21.